The van der Waals surface area contributed by atoms with E-state index in [1.165, 1.54) is 12.1 Å². The summed E-state index contributed by atoms with van der Waals surface area (Å²) in [7, 11) is 0. The minimum Gasteiger partial charge on any atom is -0.455 e. The van der Waals surface area contributed by atoms with E-state index in [-0.39, 0.29) is 5.69 Å². The number of nitro benzene ring substituents is 1. The second-order valence-corrected chi connectivity index (χ2v) is 4.00. The van der Waals surface area contributed by atoms with Gasteiger partial charge in [0.05, 0.1) is 10.6 Å². The van der Waals surface area contributed by atoms with Gasteiger partial charge in [-0.05, 0) is 12.1 Å². The van der Waals surface area contributed by atoms with Gasteiger partial charge in [0.25, 0.3) is 5.69 Å². The molecule has 3 rings (SSSR count). The van der Waals surface area contributed by atoms with Gasteiger partial charge in [0.15, 0.2) is 5.75 Å². The van der Waals surface area contributed by atoms with E-state index in [4.69, 9.17) is 4.74 Å². The maximum Gasteiger partial charge on any atom is 0.271 e. The maximum absolute atomic E-state index is 10.7. The van der Waals surface area contributed by atoms with Crippen molar-refractivity contribution in [3.05, 3.63) is 58.1 Å². The molecular formula is C13H10N2O3. The molecular weight excluding hydrogens is 232 g/mol. The molecule has 0 atom stereocenters. The number of nitrogens with zero attached hydrogens (tertiary/aromatic N) is 1. The lowest BCUT2D eigenvalue weighted by Gasteiger charge is -2.07. The lowest BCUT2D eigenvalue weighted by Crippen LogP contribution is -1.97. The molecule has 0 radical (unpaired) electrons. The number of nitro groups is 1. The zero-order valence-electron chi connectivity index (χ0n) is 9.42. The molecule has 0 fully saturated rings. The van der Waals surface area contributed by atoms with Crippen LogP contribution in [-0.4, -0.2) is 4.92 Å². The van der Waals surface area contributed by atoms with Gasteiger partial charge in [0, 0.05) is 24.2 Å². The fourth-order valence-corrected chi connectivity index (χ4v) is 1.92. The Labute approximate surface area is 103 Å². The summed E-state index contributed by atoms with van der Waals surface area (Å²) in [5.74, 6) is 1.38. The molecule has 18 heavy (non-hydrogen) atoms. The summed E-state index contributed by atoms with van der Waals surface area (Å²) in [6, 6.07) is 12.2. The highest BCUT2D eigenvalue weighted by Crippen LogP contribution is 2.37. The van der Waals surface area contributed by atoms with Crippen LogP contribution in [0.1, 0.15) is 5.56 Å². The van der Waals surface area contributed by atoms with Gasteiger partial charge in [-0.15, -0.1) is 0 Å². The quantitative estimate of drug-likeness (QED) is 0.615. The molecule has 0 aliphatic carbocycles. The van der Waals surface area contributed by atoms with Gasteiger partial charge in [-0.25, -0.2) is 0 Å². The van der Waals surface area contributed by atoms with Gasteiger partial charge in [0.1, 0.15) is 5.75 Å². The van der Waals surface area contributed by atoms with Crippen molar-refractivity contribution in [2.45, 2.75) is 6.54 Å². The molecule has 1 aliphatic heterocycles. The minimum absolute atomic E-state index is 0.0517. The first kappa shape index (κ1) is 10.6. The van der Waals surface area contributed by atoms with E-state index in [9.17, 15) is 10.1 Å². The van der Waals surface area contributed by atoms with Crippen molar-refractivity contribution in [2.75, 3.05) is 5.32 Å². The Morgan fingerprint density at radius 2 is 2.00 bits per heavy atom. The highest BCUT2D eigenvalue weighted by molar-refractivity contribution is 5.64. The molecule has 2 aromatic rings. The van der Waals surface area contributed by atoms with Crippen LogP contribution in [0.15, 0.2) is 42.5 Å². The predicted octanol–water partition coefficient (Wildman–Crippen LogP) is 3.31. The Hall–Kier alpha value is -2.56. The average Bonchev–Trinajstić information content (AvgIpc) is 2.56. The summed E-state index contributed by atoms with van der Waals surface area (Å²) in [6.07, 6.45) is 0. The first-order valence-electron chi connectivity index (χ1n) is 5.52. The van der Waals surface area contributed by atoms with E-state index in [0.717, 1.165) is 11.3 Å². The Morgan fingerprint density at radius 3 is 2.83 bits per heavy atom. The second kappa shape index (κ2) is 4.03. The smallest absolute Gasteiger partial charge is 0.271 e. The van der Waals surface area contributed by atoms with E-state index >= 15 is 0 Å². The zero-order chi connectivity index (χ0) is 12.5. The van der Waals surface area contributed by atoms with Crippen molar-refractivity contribution >= 4 is 11.4 Å². The first-order valence-corrected chi connectivity index (χ1v) is 5.52. The predicted molar refractivity (Wildman–Crippen MR) is 66.9 cm³/mol. The summed E-state index contributed by atoms with van der Waals surface area (Å²) >= 11 is 0. The third-order valence-corrected chi connectivity index (χ3v) is 2.84. The maximum atomic E-state index is 10.7. The largest absolute Gasteiger partial charge is 0.455 e. The summed E-state index contributed by atoms with van der Waals surface area (Å²) in [4.78, 5) is 10.3. The molecule has 0 saturated carbocycles. The lowest BCUT2D eigenvalue weighted by molar-refractivity contribution is -0.384. The number of para-hydroxylation sites is 1. The van der Waals surface area contributed by atoms with E-state index < -0.39 is 4.92 Å². The highest BCUT2D eigenvalue weighted by Gasteiger charge is 2.16. The summed E-state index contributed by atoms with van der Waals surface area (Å²) in [6.45, 7) is 0.588. The SMILES string of the molecule is O=[N+]([O-])c1ccc2c(c1)NCc1ccccc1O2. The Bertz CT molecular complexity index is 625. The summed E-state index contributed by atoms with van der Waals surface area (Å²) < 4.78 is 5.75. The van der Waals surface area contributed by atoms with E-state index in [2.05, 4.69) is 5.32 Å². The number of nitrogens with one attached hydrogen (secondary N) is 1. The molecule has 5 nitrogen and oxygen atoms in total. The van der Waals surface area contributed by atoms with Gasteiger partial charge in [0.2, 0.25) is 0 Å². The van der Waals surface area contributed by atoms with Crippen molar-refractivity contribution in [3.8, 4) is 11.5 Å². The average molecular weight is 242 g/mol. The van der Waals surface area contributed by atoms with Gasteiger partial charge >= 0.3 is 0 Å². The van der Waals surface area contributed by atoms with Crippen molar-refractivity contribution in [3.63, 3.8) is 0 Å². The number of hydrogen-bond acceptors (Lipinski definition) is 4. The minimum atomic E-state index is -0.417. The molecule has 0 aromatic heterocycles. The van der Waals surface area contributed by atoms with E-state index in [0.29, 0.717) is 18.0 Å². The zero-order valence-corrected chi connectivity index (χ0v) is 9.42. The monoisotopic (exact) mass is 242 g/mol. The molecule has 90 valence electrons. The molecule has 0 amide bonds. The van der Waals surface area contributed by atoms with Crippen LogP contribution in [0.2, 0.25) is 0 Å². The Kier molecular flexibility index (Phi) is 2.37. The van der Waals surface area contributed by atoms with Crippen LogP contribution in [0.3, 0.4) is 0 Å². The summed E-state index contributed by atoms with van der Waals surface area (Å²) in [5, 5.41) is 13.9. The Balaban J connectivity index is 2.04. The van der Waals surface area contributed by atoms with E-state index in [1.54, 1.807) is 6.07 Å². The van der Waals surface area contributed by atoms with Crippen LogP contribution in [-0.2, 0) is 6.54 Å². The van der Waals surface area contributed by atoms with Crippen LogP contribution >= 0.6 is 0 Å². The molecule has 0 bridgehead atoms. The van der Waals surface area contributed by atoms with Crippen molar-refractivity contribution in [2.24, 2.45) is 0 Å². The molecule has 2 aromatic carbocycles. The van der Waals surface area contributed by atoms with Crippen LogP contribution in [0.5, 0.6) is 11.5 Å². The van der Waals surface area contributed by atoms with Crippen molar-refractivity contribution in [1.82, 2.24) is 0 Å². The molecule has 0 unspecified atom stereocenters. The fraction of sp³-hybridized carbons (Fsp3) is 0.0769. The standard InChI is InChI=1S/C13H10N2O3/c16-15(17)10-5-6-13-11(7-10)14-8-9-3-1-2-4-12(9)18-13/h1-7,14H,8H2. The number of fused-ring (bicyclic) bond motifs is 2. The molecule has 1 N–H and O–H groups in total. The highest BCUT2D eigenvalue weighted by atomic mass is 16.6. The second-order valence-electron chi connectivity index (χ2n) is 4.00. The number of non-ortho nitro benzene ring substituents is 1. The van der Waals surface area contributed by atoms with Gasteiger partial charge in [-0.3, -0.25) is 10.1 Å². The molecule has 1 aliphatic rings. The number of rotatable bonds is 1. The van der Waals surface area contributed by atoms with E-state index in [1.807, 2.05) is 24.3 Å². The van der Waals surface area contributed by atoms with Gasteiger partial charge < -0.3 is 10.1 Å². The number of hydrogen-bond donors (Lipinski definition) is 1. The Morgan fingerprint density at radius 1 is 1.17 bits per heavy atom. The van der Waals surface area contributed by atoms with Crippen molar-refractivity contribution < 1.29 is 9.66 Å². The third-order valence-electron chi connectivity index (χ3n) is 2.84. The fourth-order valence-electron chi connectivity index (χ4n) is 1.92. The van der Waals surface area contributed by atoms with Gasteiger partial charge in [-0.1, -0.05) is 18.2 Å². The first-order chi connectivity index (χ1) is 8.74. The molecule has 0 spiro atoms. The normalized spacial score (nSPS) is 12.4. The van der Waals surface area contributed by atoms with Crippen LogP contribution in [0, 0.1) is 10.1 Å². The van der Waals surface area contributed by atoms with Gasteiger partial charge in [-0.2, -0.15) is 0 Å². The molecule has 0 saturated heterocycles. The summed E-state index contributed by atoms with van der Waals surface area (Å²) in [5.41, 5.74) is 1.72. The third kappa shape index (κ3) is 1.75. The van der Waals surface area contributed by atoms with Crippen LogP contribution in [0.25, 0.3) is 0 Å². The number of ether oxygens (including phenoxy) is 1. The number of anilines is 1. The van der Waals surface area contributed by atoms with Crippen molar-refractivity contribution in [1.29, 1.82) is 0 Å². The van der Waals surface area contributed by atoms with Crippen LogP contribution in [0.4, 0.5) is 11.4 Å². The molecule has 1 heterocycles. The molecule has 5 heteroatoms. The topological polar surface area (TPSA) is 64.4 Å². The number of benzene rings is 2. The van der Waals surface area contributed by atoms with Crippen LogP contribution < -0.4 is 10.1 Å². The lowest BCUT2D eigenvalue weighted by atomic mass is 10.2.